The molecule has 0 radical (unpaired) electrons. The van der Waals surface area contributed by atoms with Crippen molar-refractivity contribution in [3.63, 3.8) is 0 Å². The lowest BCUT2D eigenvalue weighted by atomic mass is 9.55. The Bertz CT molecular complexity index is 404. The lowest BCUT2D eigenvalue weighted by Gasteiger charge is -2.50. The van der Waals surface area contributed by atoms with Crippen molar-refractivity contribution in [1.29, 1.82) is 0 Å². The monoisotopic (exact) mass is 274 g/mol. The van der Waals surface area contributed by atoms with Gasteiger partial charge in [-0.25, -0.2) is 0 Å². The highest BCUT2D eigenvalue weighted by molar-refractivity contribution is 5.27. The number of phenolic OH excluding ortho intramolecular Hbond substituents is 1. The molecule has 20 heavy (non-hydrogen) atoms. The second kappa shape index (κ2) is 6.20. The van der Waals surface area contributed by atoms with Crippen molar-refractivity contribution in [1.82, 2.24) is 0 Å². The third-order valence-corrected chi connectivity index (χ3v) is 5.56. The van der Waals surface area contributed by atoms with Crippen molar-refractivity contribution < 1.29 is 5.11 Å². The number of benzene rings is 1. The van der Waals surface area contributed by atoms with E-state index in [-0.39, 0.29) is 0 Å². The molecular weight excluding hydrogens is 244 g/mol. The smallest absolute Gasteiger partial charge is 0.115 e. The average molecular weight is 274 g/mol. The zero-order chi connectivity index (χ0) is 14.6. The number of hydrogen-bond donors (Lipinski definition) is 1. The van der Waals surface area contributed by atoms with E-state index in [9.17, 15) is 5.11 Å². The number of hydrogen-bond acceptors (Lipinski definition) is 1. The minimum Gasteiger partial charge on any atom is -0.508 e. The van der Waals surface area contributed by atoms with Crippen LogP contribution >= 0.6 is 0 Å². The van der Waals surface area contributed by atoms with E-state index in [0.29, 0.717) is 16.6 Å². The Balaban J connectivity index is 2.18. The molecule has 0 spiro atoms. The van der Waals surface area contributed by atoms with Gasteiger partial charge in [0.05, 0.1) is 0 Å². The minimum atomic E-state index is 0.334. The molecule has 0 bridgehead atoms. The van der Waals surface area contributed by atoms with E-state index >= 15 is 0 Å². The SMILES string of the molecule is CCCC1(C(C)(C)Cc2ccc(O)cc2)CCCCC1. The fourth-order valence-corrected chi connectivity index (χ4v) is 4.28. The molecule has 1 fully saturated rings. The standard InChI is InChI=1S/C19H30O/c1-4-12-19(13-6-5-7-14-19)18(2,3)15-16-8-10-17(20)11-9-16/h8-11,20H,4-7,12-15H2,1-3H3. The molecule has 1 nitrogen and oxygen atoms in total. The van der Waals surface area contributed by atoms with Crippen LogP contribution in [-0.2, 0) is 6.42 Å². The van der Waals surface area contributed by atoms with Crippen molar-refractivity contribution in [2.24, 2.45) is 10.8 Å². The maximum Gasteiger partial charge on any atom is 0.115 e. The Morgan fingerprint density at radius 2 is 1.65 bits per heavy atom. The van der Waals surface area contributed by atoms with Gasteiger partial charge in [-0.3, -0.25) is 0 Å². The van der Waals surface area contributed by atoms with Crippen LogP contribution in [0.3, 0.4) is 0 Å². The predicted octanol–water partition coefficient (Wildman–Crippen LogP) is 5.71. The zero-order valence-electron chi connectivity index (χ0n) is 13.4. The first-order valence-corrected chi connectivity index (χ1v) is 8.27. The molecule has 2 rings (SSSR count). The second-order valence-electron chi connectivity index (χ2n) is 7.32. The van der Waals surface area contributed by atoms with Gasteiger partial charge >= 0.3 is 0 Å². The van der Waals surface area contributed by atoms with Gasteiger partial charge in [-0.1, -0.05) is 58.6 Å². The minimum absolute atomic E-state index is 0.334. The van der Waals surface area contributed by atoms with E-state index in [1.165, 1.54) is 50.5 Å². The molecule has 112 valence electrons. The first-order valence-electron chi connectivity index (χ1n) is 8.27. The summed E-state index contributed by atoms with van der Waals surface area (Å²) in [7, 11) is 0. The van der Waals surface area contributed by atoms with Crippen molar-refractivity contribution >= 4 is 0 Å². The number of aromatic hydroxyl groups is 1. The molecule has 1 aromatic carbocycles. The van der Waals surface area contributed by atoms with Crippen LogP contribution in [0.4, 0.5) is 0 Å². The largest absolute Gasteiger partial charge is 0.508 e. The summed E-state index contributed by atoms with van der Waals surface area (Å²) in [6.07, 6.45) is 10.8. The summed E-state index contributed by atoms with van der Waals surface area (Å²) < 4.78 is 0. The van der Waals surface area contributed by atoms with Gasteiger partial charge in [-0.05, 0) is 54.2 Å². The quantitative estimate of drug-likeness (QED) is 0.729. The van der Waals surface area contributed by atoms with Crippen LogP contribution in [0.5, 0.6) is 5.75 Å². The van der Waals surface area contributed by atoms with Crippen LogP contribution in [0, 0.1) is 10.8 Å². The molecule has 0 heterocycles. The highest BCUT2D eigenvalue weighted by atomic mass is 16.3. The molecular formula is C19H30O. The maximum atomic E-state index is 9.44. The van der Waals surface area contributed by atoms with E-state index in [4.69, 9.17) is 0 Å². The topological polar surface area (TPSA) is 20.2 Å². The molecule has 1 saturated carbocycles. The predicted molar refractivity (Wildman–Crippen MR) is 86.0 cm³/mol. The van der Waals surface area contributed by atoms with Gasteiger partial charge in [-0.15, -0.1) is 0 Å². The summed E-state index contributed by atoms with van der Waals surface area (Å²) in [6, 6.07) is 7.80. The Labute approximate surface area is 124 Å². The zero-order valence-corrected chi connectivity index (χ0v) is 13.4. The van der Waals surface area contributed by atoms with Gasteiger partial charge in [-0.2, -0.15) is 0 Å². The summed E-state index contributed by atoms with van der Waals surface area (Å²) in [5.74, 6) is 0.368. The molecule has 0 amide bonds. The summed E-state index contributed by atoms with van der Waals surface area (Å²) in [5, 5.41) is 9.44. The van der Waals surface area contributed by atoms with E-state index in [0.717, 1.165) is 6.42 Å². The molecule has 0 unspecified atom stereocenters. The highest BCUT2D eigenvalue weighted by Crippen LogP contribution is 2.54. The number of phenols is 1. The van der Waals surface area contributed by atoms with Gasteiger partial charge in [0, 0.05) is 0 Å². The van der Waals surface area contributed by atoms with Crippen molar-refractivity contribution in [3.05, 3.63) is 29.8 Å². The van der Waals surface area contributed by atoms with Crippen molar-refractivity contribution in [2.75, 3.05) is 0 Å². The molecule has 0 aromatic heterocycles. The third-order valence-electron chi connectivity index (χ3n) is 5.56. The third kappa shape index (κ3) is 3.19. The molecule has 0 aliphatic heterocycles. The molecule has 0 saturated heterocycles. The van der Waals surface area contributed by atoms with Crippen molar-refractivity contribution in [2.45, 2.75) is 72.1 Å². The van der Waals surface area contributed by atoms with Gasteiger partial charge in [0.2, 0.25) is 0 Å². The molecule has 1 heteroatoms. The summed E-state index contributed by atoms with van der Waals surface area (Å²) >= 11 is 0. The highest BCUT2D eigenvalue weighted by Gasteiger charge is 2.44. The first kappa shape index (κ1) is 15.4. The molecule has 1 aliphatic carbocycles. The lowest BCUT2D eigenvalue weighted by molar-refractivity contribution is 0.0145. The van der Waals surface area contributed by atoms with Crippen LogP contribution in [0.2, 0.25) is 0 Å². The van der Waals surface area contributed by atoms with Crippen LogP contribution in [0.1, 0.15) is 71.3 Å². The molecule has 1 N–H and O–H groups in total. The molecule has 0 atom stereocenters. The van der Waals surface area contributed by atoms with Crippen LogP contribution in [-0.4, -0.2) is 5.11 Å². The van der Waals surface area contributed by atoms with Gasteiger partial charge in [0.1, 0.15) is 5.75 Å². The van der Waals surface area contributed by atoms with Crippen LogP contribution < -0.4 is 0 Å². The van der Waals surface area contributed by atoms with E-state index < -0.39 is 0 Å². The fraction of sp³-hybridized carbons (Fsp3) is 0.684. The number of rotatable bonds is 5. The van der Waals surface area contributed by atoms with E-state index in [2.05, 4.69) is 32.9 Å². The lowest BCUT2D eigenvalue weighted by Crippen LogP contribution is -2.41. The van der Waals surface area contributed by atoms with Crippen molar-refractivity contribution in [3.8, 4) is 5.75 Å². The van der Waals surface area contributed by atoms with Crippen LogP contribution in [0.15, 0.2) is 24.3 Å². The van der Waals surface area contributed by atoms with E-state index in [1.807, 2.05) is 12.1 Å². The van der Waals surface area contributed by atoms with Gasteiger partial charge in [0.15, 0.2) is 0 Å². The Morgan fingerprint density at radius 3 is 2.20 bits per heavy atom. The summed E-state index contributed by atoms with van der Waals surface area (Å²) in [4.78, 5) is 0. The molecule has 1 aliphatic rings. The first-order chi connectivity index (χ1) is 9.49. The Kier molecular flexibility index (Phi) is 4.78. The van der Waals surface area contributed by atoms with Crippen LogP contribution in [0.25, 0.3) is 0 Å². The van der Waals surface area contributed by atoms with Gasteiger partial charge < -0.3 is 5.11 Å². The second-order valence-corrected chi connectivity index (χ2v) is 7.32. The van der Waals surface area contributed by atoms with E-state index in [1.54, 1.807) is 0 Å². The Morgan fingerprint density at radius 1 is 1.05 bits per heavy atom. The average Bonchev–Trinajstić information content (AvgIpc) is 2.42. The maximum absolute atomic E-state index is 9.44. The Hall–Kier alpha value is -0.980. The van der Waals surface area contributed by atoms with Gasteiger partial charge in [0.25, 0.3) is 0 Å². The fourth-order valence-electron chi connectivity index (χ4n) is 4.28. The normalized spacial score (nSPS) is 18.9. The summed E-state index contributed by atoms with van der Waals surface area (Å²) in [5.41, 5.74) is 2.20. The molecule has 1 aromatic rings. The summed E-state index contributed by atoms with van der Waals surface area (Å²) in [6.45, 7) is 7.24.